The van der Waals surface area contributed by atoms with Gasteiger partial charge in [0.15, 0.2) is 0 Å². The second-order valence-electron chi connectivity index (χ2n) is 6.56. The summed E-state index contributed by atoms with van der Waals surface area (Å²) in [6, 6.07) is 0. The third kappa shape index (κ3) is 4.17. The van der Waals surface area contributed by atoms with E-state index in [0.29, 0.717) is 38.3 Å². The number of aromatic nitrogens is 3. The van der Waals surface area contributed by atoms with Gasteiger partial charge in [-0.1, -0.05) is 11.6 Å². The number of amides is 1. The van der Waals surface area contributed by atoms with Crippen molar-refractivity contribution in [1.82, 2.24) is 25.6 Å². The number of rotatable bonds is 6. The van der Waals surface area contributed by atoms with E-state index in [1.54, 1.807) is 6.20 Å². The van der Waals surface area contributed by atoms with E-state index in [4.69, 9.17) is 0 Å². The molecular formula is C16H25N5O2. The van der Waals surface area contributed by atoms with Gasteiger partial charge >= 0.3 is 0 Å². The second-order valence-corrected chi connectivity index (χ2v) is 6.56. The van der Waals surface area contributed by atoms with Crippen molar-refractivity contribution in [3.8, 4) is 0 Å². The minimum Gasteiger partial charge on any atom is -0.382 e. The van der Waals surface area contributed by atoms with Crippen molar-refractivity contribution < 1.29 is 9.90 Å². The number of carbonyl (C=O) groups is 1. The average molecular weight is 319 g/mol. The highest BCUT2D eigenvalue weighted by Gasteiger charge is 2.40. The number of carbonyl (C=O) groups excluding carboxylic acids is 1. The number of hydrogen-bond acceptors (Lipinski definition) is 5. The molecule has 1 saturated heterocycles. The lowest BCUT2D eigenvalue weighted by atomic mass is 9.97. The first-order valence-corrected chi connectivity index (χ1v) is 8.41. The molecule has 23 heavy (non-hydrogen) atoms. The van der Waals surface area contributed by atoms with Crippen LogP contribution in [0.15, 0.2) is 17.8 Å². The quantitative estimate of drug-likeness (QED) is 0.671. The van der Waals surface area contributed by atoms with Gasteiger partial charge in [-0.15, -0.1) is 0 Å². The molecular weight excluding hydrogens is 294 g/mol. The first-order valence-electron chi connectivity index (χ1n) is 8.41. The van der Waals surface area contributed by atoms with Gasteiger partial charge < -0.3 is 10.4 Å². The number of aliphatic hydroxyl groups is 1. The smallest absolute Gasteiger partial charge is 0.234 e. The minimum atomic E-state index is -1.000. The number of nitrogens with zero attached hydrogens (tertiary/aromatic N) is 3. The van der Waals surface area contributed by atoms with Gasteiger partial charge in [-0.2, -0.15) is 15.4 Å². The predicted octanol–water partition coefficient (Wildman–Crippen LogP) is 0.705. The van der Waals surface area contributed by atoms with Crippen molar-refractivity contribution in [3.05, 3.63) is 23.5 Å². The molecule has 1 aromatic rings. The normalized spacial score (nSPS) is 25.3. The Balaban J connectivity index is 1.40. The molecule has 7 nitrogen and oxygen atoms in total. The van der Waals surface area contributed by atoms with E-state index in [0.717, 1.165) is 6.42 Å². The van der Waals surface area contributed by atoms with Gasteiger partial charge in [0.2, 0.25) is 5.91 Å². The van der Waals surface area contributed by atoms with Crippen LogP contribution in [0.1, 0.15) is 44.2 Å². The first-order chi connectivity index (χ1) is 11.2. The van der Waals surface area contributed by atoms with Gasteiger partial charge in [0.1, 0.15) is 11.3 Å². The summed E-state index contributed by atoms with van der Waals surface area (Å²) in [6.45, 7) is 2.12. The molecule has 1 fully saturated rings. The van der Waals surface area contributed by atoms with Crippen LogP contribution in [0, 0.1) is 0 Å². The zero-order valence-corrected chi connectivity index (χ0v) is 13.4. The number of hydrogen-bond donors (Lipinski definition) is 3. The van der Waals surface area contributed by atoms with Gasteiger partial charge in [-0.3, -0.25) is 9.69 Å². The summed E-state index contributed by atoms with van der Waals surface area (Å²) in [5, 5.41) is 23.8. The van der Waals surface area contributed by atoms with Crippen LogP contribution >= 0.6 is 0 Å². The SMILES string of the molecule is O=C(CN1CCC(O)(c2cn[nH]n2)C1)NCCC1=CCCCC1. The van der Waals surface area contributed by atoms with E-state index in [9.17, 15) is 9.90 Å². The Bertz CT molecular complexity index is 557. The van der Waals surface area contributed by atoms with Crippen molar-refractivity contribution in [2.45, 2.75) is 44.1 Å². The average Bonchev–Trinajstić information content (AvgIpc) is 3.19. The summed E-state index contributed by atoms with van der Waals surface area (Å²) >= 11 is 0. The lowest BCUT2D eigenvalue weighted by Crippen LogP contribution is -2.38. The zero-order chi connectivity index (χ0) is 16.1. The number of likely N-dealkylation sites (tertiary alicyclic amines) is 1. The van der Waals surface area contributed by atoms with E-state index in [1.807, 2.05) is 4.90 Å². The van der Waals surface area contributed by atoms with Crippen LogP contribution in [0.3, 0.4) is 0 Å². The molecule has 1 atom stereocenters. The summed E-state index contributed by atoms with van der Waals surface area (Å²) in [5.41, 5.74) is 1.02. The van der Waals surface area contributed by atoms with E-state index in [1.165, 1.54) is 31.3 Å². The highest BCUT2D eigenvalue weighted by molar-refractivity contribution is 5.78. The number of β-amino-alcohol motifs (C(OH)–C–C–N with tert-alkyl or cyclic N) is 1. The molecule has 0 radical (unpaired) electrons. The Morgan fingerprint density at radius 2 is 2.39 bits per heavy atom. The molecule has 1 unspecified atom stereocenters. The highest BCUT2D eigenvalue weighted by Crippen LogP contribution is 2.29. The number of H-pyrrole nitrogens is 1. The lowest BCUT2D eigenvalue weighted by molar-refractivity contribution is -0.122. The molecule has 1 aliphatic heterocycles. The molecule has 0 spiro atoms. The Hall–Kier alpha value is -1.73. The van der Waals surface area contributed by atoms with Gasteiger partial charge in [-0.05, 0) is 38.5 Å². The fraction of sp³-hybridized carbons (Fsp3) is 0.688. The third-order valence-corrected chi connectivity index (χ3v) is 4.74. The van der Waals surface area contributed by atoms with Crippen LogP contribution < -0.4 is 5.32 Å². The van der Waals surface area contributed by atoms with Gasteiger partial charge in [0.05, 0.1) is 12.7 Å². The number of allylic oxidation sites excluding steroid dienone is 1. The maximum absolute atomic E-state index is 12.1. The van der Waals surface area contributed by atoms with E-state index in [-0.39, 0.29) is 5.91 Å². The number of aromatic amines is 1. The molecule has 2 heterocycles. The molecule has 0 saturated carbocycles. The minimum absolute atomic E-state index is 0.0193. The molecule has 0 aromatic carbocycles. The summed E-state index contributed by atoms with van der Waals surface area (Å²) in [6.07, 6.45) is 10.3. The Kier molecular flexibility index (Phi) is 5.07. The van der Waals surface area contributed by atoms with Crippen molar-refractivity contribution in [1.29, 1.82) is 0 Å². The summed E-state index contributed by atoms with van der Waals surface area (Å²) < 4.78 is 0. The molecule has 3 N–H and O–H groups in total. The van der Waals surface area contributed by atoms with Crippen LogP contribution in [0.25, 0.3) is 0 Å². The van der Waals surface area contributed by atoms with Gasteiger partial charge in [-0.25, -0.2) is 0 Å². The fourth-order valence-electron chi connectivity index (χ4n) is 3.39. The van der Waals surface area contributed by atoms with E-state index in [2.05, 4.69) is 26.8 Å². The molecule has 7 heteroatoms. The summed E-state index contributed by atoms with van der Waals surface area (Å²) in [4.78, 5) is 14.0. The first kappa shape index (κ1) is 16.1. The summed E-state index contributed by atoms with van der Waals surface area (Å²) in [7, 11) is 0. The molecule has 126 valence electrons. The third-order valence-electron chi connectivity index (χ3n) is 4.74. The molecule has 3 rings (SSSR count). The van der Waals surface area contributed by atoms with Crippen molar-refractivity contribution in [2.24, 2.45) is 0 Å². The monoisotopic (exact) mass is 319 g/mol. The number of nitrogens with one attached hydrogen (secondary N) is 2. The Morgan fingerprint density at radius 3 is 3.13 bits per heavy atom. The van der Waals surface area contributed by atoms with Crippen LogP contribution in [0.4, 0.5) is 0 Å². The zero-order valence-electron chi connectivity index (χ0n) is 13.4. The lowest BCUT2D eigenvalue weighted by Gasteiger charge is -2.20. The molecule has 0 bridgehead atoms. The van der Waals surface area contributed by atoms with E-state index < -0.39 is 5.60 Å². The van der Waals surface area contributed by atoms with Crippen LogP contribution in [0.2, 0.25) is 0 Å². The summed E-state index contributed by atoms with van der Waals surface area (Å²) in [5.74, 6) is 0.0193. The van der Waals surface area contributed by atoms with Crippen LogP contribution in [-0.2, 0) is 10.4 Å². The van der Waals surface area contributed by atoms with Gasteiger partial charge in [0, 0.05) is 19.6 Å². The van der Waals surface area contributed by atoms with Gasteiger partial charge in [0.25, 0.3) is 0 Å². The predicted molar refractivity (Wildman–Crippen MR) is 85.5 cm³/mol. The topological polar surface area (TPSA) is 94.1 Å². The molecule has 1 aliphatic carbocycles. The Morgan fingerprint density at radius 1 is 1.48 bits per heavy atom. The fourth-order valence-corrected chi connectivity index (χ4v) is 3.39. The highest BCUT2D eigenvalue weighted by atomic mass is 16.3. The van der Waals surface area contributed by atoms with Crippen molar-refractivity contribution in [2.75, 3.05) is 26.2 Å². The maximum Gasteiger partial charge on any atom is 0.234 e. The van der Waals surface area contributed by atoms with Crippen LogP contribution in [0.5, 0.6) is 0 Å². The molecule has 1 amide bonds. The maximum atomic E-state index is 12.1. The largest absolute Gasteiger partial charge is 0.382 e. The van der Waals surface area contributed by atoms with Crippen LogP contribution in [-0.4, -0.2) is 57.5 Å². The Labute approximate surface area is 136 Å². The standard InChI is InChI=1S/C16H25N5O2/c22-15(17-8-6-13-4-2-1-3-5-13)11-21-9-7-16(23,12-21)14-10-18-20-19-14/h4,10,23H,1-3,5-9,11-12H2,(H,17,22)(H,18,19,20). The van der Waals surface area contributed by atoms with E-state index >= 15 is 0 Å². The second kappa shape index (κ2) is 7.23. The van der Waals surface area contributed by atoms with Crippen molar-refractivity contribution >= 4 is 5.91 Å². The molecule has 1 aromatic heterocycles. The van der Waals surface area contributed by atoms with Crippen molar-refractivity contribution in [3.63, 3.8) is 0 Å². The molecule has 2 aliphatic rings.